The highest BCUT2D eigenvalue weighted by molar-refractivity contribution is 5.81. The molecule has 1 aliphatic heterocycles. The van der Waals surface area contributed by atoms with Crippen molar-refractivity contribution >= 4 is 5.91 Å². The van der Waals surface area contributed by atoms with Crippen molar-refractivity contribution in [3.63, 3.8) is 0 Å². The second kappa shape index (κ2) is 6.45. The molecule has 1 saturated carbocycles. The third-order valence-electron chi connectivity index (χ3n) is 7.05. The van der Waals surface area contributed by atoms with Gasteiger partial charge < -0.3 is 10.0 Å². The fraction of sp³-hybridized carbons (Fsp3) is 0.480. The number of carbonyl (C=O) groups excluding carboxylic acids is 1. The molecular weight excluding hydrogens is 346 g/mol. The zero-order valence-corrected chi connectivity index (χ0v) is 16.8. The zero-order chi connectivity index (χ0) is 19.5. The summed E-state index contributed by atoms with van der Waals surface area (Å²) in [6.45, 7) is 6.05. The molecule has 3 aliphatic rings. The molecule has 3 heteroatoms. The van der Waals surface area contributed by atoms with Crippen LogP contribution in [-0.2, 0) is 10.2 Å². The van der Waals surface area contributed by atoms with Gasteiger partial charge in [0.05, 0.1) is 6.10 Å². The van der Waals surface area contributed by atoms with E-state index in [1.807, 2.05) is 0 Å². The van der Waals surface area contributed by atoms with E-state index in [1.54, 1.807) is 0 Å². The molecule has 5 rings (SSSR count). The average Bonchev–Trinajstić information content (AvgIpc) is 3.41. The second-order valence-electron chi connectivity index (χ2n) is 9.33. The number of hydrogen-bond acceptors (Lipinski definition) is 2. The monoisotopic (exact) mass is 375 g/mol. The van der Waals surface area contributed by atoms with Crippen molar-refractivity contribution in [1.29, 1.82) is 0 Å². The molecule has 2 fully saturated rings. The lowest BCUT2D eigenvalue weighted by Crippen LogP contribution is -2.34. The molecule has 1 saturated heterocycles. The molecule has 1 amide bonds. The van der Waals surface area contributed by atoms with E-state index in [2.05, 4.69) is 61.2 Å². The largest absolute Gasteiger partial charge is 0.388 e. The van der Waals surface area contributed by atoms with Crippen LogP contribution in [0.4, 0.5) is 0 Å². The molecule has 28 heavy (non-hydrogen) atoms. The summed E-state index contributed by atoms with van der Waals surface area (Å²) >= 11 is 0. The van der Waals surface area contributed by atoms with Gasteiger partial charge in [-0.25, -0.2) is 0 Å². The van der Waals surface area contributed by atoms with E-state index < -0.39 is 6.10 Å². The number of nitrogens with zero attached hydrogens (tertiary/aromatic N) is 1. The maximum absolute atomic E-state index is 12.5. The number of aliphatic hydroxyl groups excluding tert-OH is 1. The number of amides is 1. The number of aliphatic hydroxyl groups is 1. The number of carbonyl (C=O) groups is 1. The van der Waals surface area contributed by atoms with Crippen LogP contribution in [0.2, 0.25) is 0 Å². The van der Waals surface area contributed by atoms with Crippen molar-refractivity contribution in [3.05, 3.63) is 59.2 Å². The minimum atomic E-state index is -0.433. The maximum atomic E-state index is 12.5. The Morgan fingerprint density at radius 2 is 1.96 bits per heavy atom. The molecule has 2 unspecified atom stereocenters. The van der Waals surface area contributed by atoms with Crippen LogP contribution >= 0.6 is 0 Å². The lowest BCUT2D eigenvalue weighted by atomic mass is 9.80. The van der Waals surface area contributed by atoms with Crippen LogP contribution in [-0.4, -0.2) is 29.0 Å². The highest BCUT2D eigenvalue weighted by atomic mass is 16.3. The summed E-state index contributed by atoms with van der Waals surface area (Å²) in [5.41, 5.74) is 6.05. The Morgan fingerprint density at radius 1 is 1.18 bits per heavy atom. The molecule has 0 radical (unpaired) electrons. The molecule has 2 atom stereocenters. The first kappa shape index (κ1) is 17.9. The van der Waals surface area contributed by atoms with Crippen molar-refractivity contribution in [2.45, 2.75) is 57.0 Å². The number of fused-ring (bicyclic) bond motifs is 2. The van der Waals surface area contributed by atoms with E-state index >= 15 is 0 Å². The van der Waals surface area contributed by atoms with Gasteiger partial charge in [0, 0.05) is 24.4 Å². The van der Waals surface area contributed by atoms with Gasteiger partial charge in [-0.2, -0.15) is 0 Å². The molecule has 1 N–H and O–H groups in total. The standard InChI is InChI=1S/C25H29NO2/c1-16(2)19-5-3-4-6-20(19)18-9-10-22-21(13-18)23(27)14-25(22)11-12-26(15-25)24(28)17-7-8-17/h3-6,9-10,13,16-17,23,27H,7-8,11-12,14-15H2,1-2H3. The summed E-state index contributed by atoms with van der Waals surface area (Å²) in [6, 6.07) is 15.2. The van der Waals surface area contributed by atoms with E-state index in [1.165, 1.54) is 22.3 Å². The van der Waals surface area contributed by atoms with Crippen LogP contribution in [0.3, 0.4) is 0 Å². The quantitative estimate of drug-likeness (QED) is 0.838. The Balaban J connectivity index is 1.49. The smallest absolute Gasteiger partial charge is 0.225 e. The molecular formula is C25H29NO2. The molecule has 2 aromatic carbocycles. The third-order valence-corrected chi connectivity index (χ3v) is 7.05. The average molecular weight is 376 g/mol. The zero-order valence-electron chi connectivity index (χ0n) is 16.8. The highest BCUT2D eigenvalue weighted by Gasteiger charge is 2.50. The normalized spacial score (nSPS) is 26.3. The first-order valence-corrected chi connectivity index (χ1v) is 10.7. The van der Waals surface area contributed by atoms with Crippen LogP contribution < -0.4 is 0 Å². The fourth-order valence-electron chi connectivity index (χ4n) is 5.38. The lowest BCUT2D eigenvalue weighted by Gasteiger charge is -2.25. The van der Waals surface area contributed by atoms with Gasteiger partial charge in [-0.1, -0.05) is 50.2 Å². The van der Waals surface area contributed by atoms with E-state index in [0.29, 0.717) is 11.8 Å². The molecule has 1 heterocycles. The lowest BCUT2D eigenvalue weighted by molar-refractivity contribution is -0.131. The topological polar surface area (TPSA) is 40.5 Å². The van der Waals surface area contributed by atoms with Crippen LogP contribution in [0.5, 0.6) is 0 Å². The Kier molecular flexibility index (Phi) is 4.13. The van der Waals surface area contributed by atoms with E-state index in [9.17, 15) is 9.90 Å². The summed E-state index contributed by atoms with van der Waals surface area (Å²) in [7, 11) is 0. The highest BCUT2D eigenvalue weighted by Crippen LogP contribution is 2.51. The van der Waals surface area contributed by atoms with Crippen LogP contribution in [0.1, 0.15) is 68.2 Å². The second-order valence-corrected chi connectivity index (χ2v) is 9.33. The van der Waals surface area contributed by atoms with Crippen molar-refractivity contribution in [1.82, 2.24) is 4.90 Å². The predicted octanol–water partition coefficient (Wildman–Crippen LogP) is 4.79. The molecule has 2 aliphatic carbocycles. The summed E-state index contributed by atoms with van der Waals surface area (Å²) < 4.78 is 0. The minimum Gasteiger partial charge on any atom is -0.388 e. The van der Waals surface area contributed by atoms with Gasteiger partial charge in [0.25, 0.3) is 0 Å². The van der Waals surface area contributed by atoms with Gasteiger partial charge in [-0.05, 0) is 65.5 Å². The predicted molar refractivity (Wildman–Crippen MR) is 111 cm³/mol. The van der Waals surface area contributed by atoms with Crippen LogP contribution in [0.25, 0.3) is 11.1 Å². The van der Waals surface area contributed by atoms with Gasteiger partial charge in [-0.15, -0.1) is 0 Å². The number of hydrogen-bond donors (Lipinski definition) is 1. The van der Waals surface area contributed by atoms with Crippen molar-refractivity contribution < 1.29 is 9.90 Å². The fourth-order valence-corrected chi connectivity index (χ4v) is 5.38. The molecule has 3 nitrogen and oxygen atoms in total. The number of rotatable bonds is 3. The Morgan fingerprint density at radius 3 is 2.71 bits per heavy atom. The Labute approximate surface area is 167 Å². The van der Waals surface area contributed by atoms with Gasteiger partial charge >= 0.3 is 0 Å². The van der Waals surface area contributed by atoms with Gasteiger partial charge in [0.15, 0.2) is 0 Å². The van der Waals surface area contributed by atoms with Gasteiger partial charge in [-0.3, -0.25) is 4.79 Å². The number of likely N-dealkylation sites (tertiary alicyclic amines) is 1. The third kappa shape index (κ3) is 2.79. The van der Waals surface area contributed by atoms with Crippen molar-refractivity contribution in [3.8, 4) is 11.1 Å². The van der Waals surface area contributed by atoms with E-state index in [-0.39, 0.29) is 11.3 Å². The van der Waals surface area contributed by atoms with E-state index in [0.717, 1.165) is 44.3 Å². The van der Waals surface area contributed by atoms with E-state index in [4.69, 9.17) is 0 Å². The summed E-state index contributed by atoms with van der Waals surface area (Å²) in [4.78, 5) is 14.6. The Bertz CT molecular complexity index is 930. The SMILES string of the molecule is CC(C)c1ccccc1-c1ccc2c(c1)C(O)CC21CCN(C(=O)C2CC2)C1. The number of benzene rings is 2. The molecule has 0 bridgehead atoms. The molecule has 2 aromatic rings. The molecule has 146 valence electrons. The Hall–Kier alpha value is -2.13. The first-order chi connectivity index (χ1) is 13.5. The first-order valence-electron chi connectivity index (χ1n) is 10.7. The van der Waals surface area contributed by atoms with Gasteiger partial charge in [0.2, 0.25) is 5.91 Å². The minimum absolute atomic E-state index is 0.0601. The summed E-state index contributed by atoms with van der Waals surface area (Å²) in [5.74, 6) is 1.07. The molecule has 0 aromatic heterocycles. The van der Waals surface area contributed by atoms with Crippen LogP contribution in [0, 0.1) is 5.92 Å². The summed E-state index contributed by atoms with van der Waals surface area (Å²) in [5, 5.41) is 10.9. The van der Waals surface area contributed by atoms with Gasteiger partial charge in [0.1, 0.15) is 0 Å². The maximum Gasteiger partial charge on any atom is 0.225 e. The van der Waals surface area contributed by atoms with Crippen molar-refractivity contribution in [2.75, 3.05) is 13.1 Å². The molecule has 1 spiro atoms. The summed E-state index contributed by atoms with van der Waals surface area (Å²) in [6.07, 6.45) is 3.39. The van der Waals surface area contributed by atoms with Crippen LogP contribution in [0.15, 0.2) is 42.5 Å². The van der Waals surface area contributed by atoms with Crippen molar-refractivity contribution in [2.24, 2.45) is 5.92 Å².